The Balaban J connectivity index is 2.02. The number of hydrogen-bond donors (Lipinski definition) is 3. The van der Waals surface area contributed by atoms with E-state index in [9.17, 15) is 4.79 Å². The van der Waals surface area contributed by atoms with Gasteiger partial charge >= 0.3 is 0 Å². The number of fused-ring (bicyclic) bond motifs is 1. The molecule has 1 amide bonds. The molecule has 2 heterocycles. The summed E-state index contributed by atoms with van der Waals surface area (Å²) in [6.45, 7) is -0.222. The lowest BCUT2D eigenvalue weighted by Gasteiger charge is -2.08. The Hall–Kier alpha value is -3.71. The first-order valence-corrected chi connectivity index (χ1v) is 7.62. The number of benzene rings is 1. The highest BCUT2D eigenvalue weighted by atomic mass is 16.5. The molecule has 0 saturated carbocycles. The average molecular weight is 343 g/mol. The van der Waals surface area contributed by atoms with Gasteiger partial charge in [-0.05, 0) is 36.1 Å². The SMILES string of the molecule is O=C(NO)c1cc(-c2ccc(C#CC#CCO)cc2)nc2ccncc12. The minimum atomic E-state index is -0.628. The van der Waals surface area contributed by atoms with E-state index < -0.39 is 5.91 Å². The number of hydrogen-bond acceptors (Lipinski definition) is 5. The van der Waals surface area contributed by atoms with Crippen molar-refractivity contribution in [3.05, 3.63) is 59.9 Å². The number of amides is 1. The van der Waals surface area contributed by atoms with Gasteiger partial charge in [-0.3, -0.25) is 15.0 Å². The molecule has 3 aromatic rings. The van der Waals surface area contributed by atoms with Crippen LogP contribution in [0.3, 0.4) is 0 Å². The molecule has 126 valence electrons. The molecule has 26 heavy (non-hydrogen) atoms. The van der Waals surface area contributed by atoms with Crippen molar-refractivity contribution in [1.29, 1.82) is 0 Å². The van der Waals surface area contributed by atoms with E-state index in [0.29, 0.717) is 16.6 Å². The van der Waals surface area contributed by atoms with Crippen LogP contribution < -0.4 is 5.48 Å². The third-order valence-corrected chi connectivity index (χ3v) is 3.57. The van der Waals surface area contributed by atoms with Gasteiger partial charge in [-0.1, -0.05) is 24.0 Å². The van der Waals surface area contributed by atoms with Crippen LogP contribution in [0.15, 0.2) is 48.8 Å². The van der Waals surface area contributed by atoms with Crippen molar-refractivity contribution in [3.63, 3.8) is 0 Å². The summed E-state index contributed by atoms with van der Waals surface area (Å²) in [5.74, 6) is 9.86. The van der Waals surface area contributed by atoms with Crippen LogP contribution in [0.25, 0.3) is 22.2 Å². The number of aromatic nitrogens is 2. The number of aliphatic hydroxyl groups excluding tert-OH is 1. The number of carbonyl (C=O) groups is 1. The quantitative estimate of drug-likeness (QED) is 0.374. The van der Waals surface area contributed by atoms with Crippen molar-refractivity contribution in [3.8, 4) is 34.9 Å². The molecule has 0 spiro atoms. The second-order valence-corrected chi connectivity index (χ2v) is 5.18. The third kappa shape index (κ3) is 3.68. The lowest BCUT2D eigenvalue weighted by Crippen LogP contribution is -2.19. The second kappa shape index (κ2) is 7.91. The van der Waals surface area contributed by atoms with Gasteiger partial charge in [0.15, 0.2) is 0 Å². The fourth-order valence-electron chi connectivity index (χ4n) is 2.38. The number of pyridine rings is 2. The highest BCUT2D eigenvalue weighted by Gasteiger charge is 2.13. The maximum Gasteiger partial charge on any atom is 0.275 e. The van der Waals surface area contributed by atoms with Crippen LogP contribution in [0, 0.1) is 23.7 Å². The van der Waals surface area contributed by atoms with Crippen LogP contribution in [0.5, 0.6) is 0 Å². The average Bonchev–Trinajstić information content (AvgIpc) is 2.70. The van der Waals surface area contributed by atoms with E-state index in [2.05, 4.69) is 33.6 Å². The predicted octanol–water partition coefficient (Wildman–Crippen LogP) is 1.76. The highest BCUT2D eigenvalue weighted by molar-refractivity contribution is 6.06. The maximum absolute atomic E-state index is 12.0. The van der Waals surface area contributed by atoms with Crippen molar-refractivity contribution >= 4 is 16.8 Å². The fraction of sp³-hybridized carbons (Fsp3) is 0.0500. The van der Waals surface area contributed by atoms with Gasteiger partial charge in [-0.2, -0.15) is 0 Å². The Morgan fingerprint density at radius 2 is 1.96 bits per heavy atom. The molecule has 0 saturated heterocycles. The Labute approximate surface area is 149 Å². The van der Waals surface area contributed by atoms with E-state index in [1.807, 2.05) is 24.3 Å². The molecule has 0 aliphatic rings. The number of nitrogens with zero attached hydrogens (tertiary/aromatic N) is 2. The molecular formula is C20H13N3O3. The summed E-state index contributed by atoms with van der Waals surface area (Å²) >= 11 is 0. The van der Waals surface area contributed by atoms with Crippen molar-refractivity contribution in [2.45, 2.75) is 0 Å². The van der Waals surface area contributed by atoms with E-state index in [1.165, 1.54) is 6.20 Å². The largest absolute Gasteiger partial charge is 0.384 e. The predicted molar refractivity (Wildman–Crippen MR) is 96.0 cm³/mol. The molecule has 2 aromatic heterocycles. The van der Waals surface area contributed by atoms with Crippen molar-refractivity contribution in [2.75, 3.05) is 6.61 Å². The first kappa shape index (κ1) is 17.1. The van der Waals surface area contributed by atoms with Crippen LogP contribution in [-0.2, 0) is 0 Å². The van der Waals surface area contributed by atoms with Crippen LogP contribution in [0.2, 0.25) is 0 Å². The summed E-state index contributed by atoms with van der Waals surface area (Å²) in [6, 6.07) is 10.6. The van der Waals surface area contributed by atoms with Crippen LogP contribution in [0.4, 0.5) is 0 Å². The zero-order valence-corrected chi connectivity index (χ0v) is 13.5. The van der Waals surface area contributed by atoms with Gasteiger partial charge in [0.2, 0.25) is 0 Å². The van der Waals surface area contributed by atoms with E-state index in [0.717, 1.165) is 11.1 Å². The van der Waals surface area contributed by atoms with E-state index >= 15 is 0 Å². The normalized spacial score (nSPS) is 9.62. The van der Waals surface area contributed by atoms with Crippen LogP contribution in [0.1, 0.15) is 15.9 Å². The van der Waals surface area contributed by atoms with Gasteiger partial charge in [0.25, 0.3) is 5.91 Å². The van der Waals surface area contributed by atoms with Crippen LogP contribution >= 0.6 is 0 Å². The van der Waals surface area contributed by atoms with Gasteiger partial charge in [-0.25, -0.2) is 10.5 Å². The van der Waals surface area contributed by atoms with Crippen molar-refractivity contribution < 1.29 is 15.1 Å². The highest BCUT2D eigenvalue weighted by Crippen LogP contribution is 2.24. The van der Waals surface area contributed by atoms with Crippen LogP contribution in [-0.4, -0.2) is 32.8 Å². The maximum atomic E-state index is 12.0. The van der Waals surface area contributed by atoms with Gasteiger partial charge in [0.05, 0.1) is 16.8 Å². The standard InChI is InChI=1S/C20H13N3O3/c24-11-3-1-2-4-14-5-7-15(8-6-14)19-12-16(20(25)23-26)17-13-21-10-9-18(17)22-19/h5-10,12-13,24,26H,11H2,(H,23,25). The van der Waals surface area contributed by atoms with E-state index in [1.54, 1.807) is 23.8 Å². The molecule has 0 radical (unpaired) electrons. The monoisotopic (exact) mass is 343 g/mol. The van der Waals surface area contributed by atoms with E-state index in [4.69, 9.17) is 10.3 Å². The third-order valence-electron chi connectivity index (χ3n) is 3.57. The Kier molecular flexibility index (Phi) is 5.21. The number of carbonyl (C=O) groups excluding carboxylic acids is 1. The first-order chi connectivity index (χ1) is 12.7. The lowest BCUT2D eigenvalue weighted by atomic mass is 10.0. The molecule has 6 nitrogen and oxygen atoms in total. The zero-order valence-electron chi connectivity index (χ0n) is 13.5. The molecular weight excluding hydrogens is 330 g/mol. The first-order valence-electron chi connectivity index (χ1n) is 7.62. The Morgan fingerprint density at radius 3 is 2.69 bits per heavy atom. The number of nitrogens with one attached hydrogen (secondary N) is 1. The van der Waals surface area contributed by atoms with Gasteiger partial charge in [0.1, 0.15) is 6.61 Å². The number of aliphatic hydroxyl groups is 1. The molecule has 3 rings (SSSR count). The summed E-state index contributed by atoms with van der Waals surface area (Å²) in [5.41, 5.74) is 4.67. The minimum Gasteiger partial charge on any atom is -0.384 e. The Bertz CT molecular complexity index is 1080. The Morgan fingerprint density at radius 1 is 1.15 bits per heavy atom. The van der Waals surface area contributed by atoms with E-state index in [-0.39, 0.29) is 12.2 Å². The molecule has 0 aliphatic carbocycles. The summed E-state index contributed by atoms with van der Waals surface area (Å²) in [7, 11) is 0. The summed E-state index contributed by atoms with van der Waals surface area (Å²) in [6.07, 6.45) is 3.12. The summed E-state index contributed by atoms with van der Waals surface area (Å²) in [5, 5.41) is 18.1. The van der Waals surface area contributed by atoms with Gasteiger partial charge in [-0.15, -0.1) is 0 Å². The molecule has 0 atom stereocenters. The smallest absolute Gasteiger partial charge is 0.275 e. The van der Waals surface area contributed by atoms with Crippen molar-refractivity contribution in [1.82, 2.24) is 15.4 Å². The topological polar surface area (TPSA) is 95.3 Å². The lowest BCUT2D eigenvalue weighted by molar-refractivity contribution is 0.0708. The molecule has 6 heteroatoms. The molecule has 0 bridgehead atoms. The zero-order chi connectivity index (χ0) is 18.4. The molecule has 0 aliphatic heterocycles. The minimum absolute atomic E-state index is 0.222. The second-order valence-electron chi connectivity index (χ2n) is 5.18. The molecule has 3 N–H and O–H groups in total. The number of hydroxylamine groups is 1. The summed E-state index contributed by atoms with van der Waals surface area (Å²) < 4.78 is 0. The van der Waals surface area contributed by atoms with Crippen molar-refractivity contribution in [2.24, 2.45) is 0 Å². The summed E-state index contributed by atoms with van der Waals surface area (Å²) in [4.78, 5) is 20.5. The fourth-order valence-corrected chi connectivity index (χ4v) is 2.38. The van der Waals surface area contributed by atoms with Gasteiger partial charge < -0.3 is 5.11 Å². The molecule has 0 fully saturated rings. The molecule has 0 unspecified atom stereocenters. The van der Waals surface area contributed by atoms with Gasteiger partial charge in [0, 0.05) is 28.9 Å². The molecule has 1 aromatic carbocycles. The number of rotatable bonds is 2.